The Labute approximate surface area is 282 Å². The van der Waals surface area contributed by atoms with E-state index in [2.05, 4.69) is 103 Å². The van der Waals surface area contributed by atoms with Gasteiger partial charge in [0, 0.05) is 16.4 Å². The van der Waals surface area contributed by atoms with Gasteiger partial charge in [0.05, 0.1) is 28.4 Å². The second kappa shape index (κ2) is 10.00. The van der Waals surface area contributed by atoms with Gasteiger partial charge in [0.25, 0.3) is 0 Å². The summed E-state index contributed by atoms with van der Waals surface area (Å²) in [5.41, 5.74) is 16.3. The van der Waals surface area contributed by atoms with Crippen LogP contribution in [0.1, 0.15) is 30.5 Å². The predicted molar refractivity (Wildman–Crippen MR) is 196 cm³/mol. The van der Waals surface area contributed by atoms with Crippen LogP contribution in [0.15, 0.2) is 138 Å². The van der Waals surface area contributed by atoms with Crippen molar-refractivity contribution in [2.75, 3.05) is 0 Å². The second-order valence-corrected chi connectivity index (χ2v) is 13.4. The number of aromatic nitrogens is 3. The van der Waals surface area contributed by atoms with Crippen molar-refractivity contribution in [3.8, 4) is 50.7 Å². The van der Waals surface area contributed by atoms with Gasteiger partial charge in [-0.1, -0.05) is 105 Å². The average Bonchev–Trinajstić information content (AvgIpc) is 3.77. The largest absolute Gasteiger partial charge is 0.423 e. The smallest absolute Gasteiger partial charge is 0.307 e. The monoisotopic (exact) mass is 628 g/mol. The van der Waals surface area contributed by atoms with E-state index in [1.54, 1.807) is 0 Å². The van der Waals surface area contributed by atoms with Gasteiger partial charge >= 0.3 is 5.84 Å². The lowest BCUT2D eigenvalue weighted by atomic mass is 9.81. The lowest BCUT2D eigenvalue weighted by Gasteiger charge is -2.22. The third-order valence-electron chi connectivity index (χ3n) is 10.2. The fourth-order valence-corrected chi connectivity index (χ4v) is 7.76. The van der Waals surface area contributed by atoms with Gasteiger partial charge < -0.3 is 4.42 Å². The molecule has 5 heteroatoms. The number of fused-ring (bicyclic) bond motifs is 10. The lowest BCUT2D eigenvalue weighted by molar-refractivity contribution is 0.643. The SMILES string of the molecule is CC1(C)c2cc(C#N)ccc2-c2ccc(-c3cccc(-c4ccc5oc6nc7c8ccccc8nc(-c8ccccc8)c7n6c5c4)c3)cc21. The van der Waals surface area contributed by atoms with E-state index in [1.165, 1.54) is 27.8 Å². The number of benzene rings is 6. The molecular formula is C44H28N4O. The van der Waals surface area contributed by atoms with Gasteiger partial charge in [-0.15, -0.1) is 0 Å². The molecule has 9 aromatic rings. The molecule has 0 radical (unpaired) electrons. The Hall–Kier alpha value is -6.51. The van der Waals surface area contributed by atoms with Crippen molar-refractivity contribution in [3.63, 3.8) is 0 Å². The van der Waals surface area contributed by atoms with E-state index in [4.69, 9.17) is 14.4 Å². The fourth-order valence-electron chi connectivity index (χ4n) is 7.76. The molecule has 0 amide bonds. The summed E-state index contributed by atoms with van der Waals surface area (Å²) in [5.74, 6) is 0.551. The standard InChI is InChI=1S/C44H28N4O/c1-44(2)35-21-26(25-45)15-18-32(35)33-19-16-30(23-36(33)44)28-11-8-12-29(22-28)31-17-20-39-38(24-31)48-42-40(27-9-4-3-5-10-27)46-37-14-7-6-13-34(37)41(42)47-43(48)49-39/h3-24H,1-2H3. The first-order valence-electron chi connectivity index (χ1n) is 16.5. The summed E-state index contributed by atoms with van der Waals surface area (Å²) in [7, 11) is 0. The molecule has 10 rings (SSSR count). The maximum atomic E-state index is 9.54. The van der Waals surface area contributed by atoms with Gasteiger partial charge in [-0.2, -0.15) is 10.2 Å². The molecule has 0 atom stereocenters. The minimum Gasteiger partial charge on any atom is -0.423 e. The molecule has 5 nitrogen and oxygen atoms in total. The molecule has 0 aliphatic heterocycles. The van der Waals surface area contributed by atoms with Crippen LogP contribution in [0, 0.1) is 11.3 Å². The first kappa shape index (κ1) is 27.6. The first-order chi connectivity index (χ1) is 24.0. The van der Waals surface area contributed by atoms with Crippen LogP contribution < -0.4 is 0 Å². The summed E-state index contributed by atoms with van der Waals surface area (Å²) in [6, 6.07) is 48.7. The van der Waals surface area contributed by atoms with Crippen LogP contribution in [-0.2, 0) is 5.41 Å². The maximum Gasteiger partial charge on any atom is 0.307 e. The number of pyridine rings is 1. The molecule has 6 aromatic carbocycles. The molecule has 0 spiro atoms. The normalized spacial score (nSPS) is 13.2. The number of imidazole rings is 1. The van der Waals surface area contributed by atoms with Gasteiger partial charge in [0.1, 0.15) is 11.0 Å². The predicted octanol–water partition coefficient (Wildman–Crippen LogP) is 11.0. The maximum absolute atomic E-state index is 9.54. The molecular weight excluding hydrogens is 601 g/mol. The summed E-state index contributed by atoms with van der Waals surface area (Å²) in [6.45, 7) is 4.50. The van der Waals surface area contributed by atoms with Crippen LogP contribution in [-0.4, -0.2) is 14.4 Å². The second-order valence-electron chi connectivity index (χ2n) is 13.4. The van der Waals surface area contributed by atoms with Crippen molar-refractivity contribution in [2.24, 2.45) is 0 Å². The third-order valence-corrected chi connectivity index (χ3v) is 10.2. The topological polar surface area (TPSA) is 67.1 Å². The molecule has 49 heavy (non-hydrogen) atoms. The number of nitriles is 1. The van der Waals surface area contributed by atoms with Gasteiger partial charge in [-0.25, -0.2) is 4.98 Å². The van der Waals surface area contributed by atoms with E-state index in [1.807, 2.05) is 54.6 Å². The molecule has 0 unspecified atom stereocenters. The highest BCUT2D eigenvalue weighted by molar-refractivity contribution is 6.10. The zero-order valence-electron chi connectivity index (χ0n) is 26.9. The highest BCUT2D eigenvalue weighted by Crippen LogP contribution is 2.50. The summed E-state index contributed by atoms with van der Waals surface area (Å²) in [5, 5.41) is 10.5. The molecule has 1 aliphatic carbocycles. The zero-order chi connectivity index (χ0) is 32.9. The highest BCUT2D eigenvalue weighted by atomic mass is 16.4. The van der Waals surface area contributed by atoms with Crippen LogP contribution in [0.5, 0.6) is 0 Å². The summed E-state index contributed by atoms with van der Waals surface area (Å²) in [4.78, 5) is 10.2. The molecule has 0 bridgehead atoms. The van der Waals surface area contributed by atoms with Crippen molar-refractivity contribution in [3.05, 3.63) is 150 Å². The van der Waals surface area contributed by atoms with Crippen LogP contribution in [0.4, 0.5) is 0 Å². The lowest BCUT2D eigenvalue weighted by Crippen LogP contribution is -2.15. The van der Waals surface area contributed by atoms with Crippen molar-refractivity contribution in [1.29, 1.82) is 5.26 Å². The fraction of sp³-hybridized carbons (Fsp3) is 0.0682. The van der Waals surface area contributed by atoms with Crippen molar-refractivity contribution in [1.82, 2.24) is 14.4 Å². The quantitative estimate of drug-likeness (QED) is 0.195. The minimum atomic E-state index is -0.199. The molecule has 0 saturated heterocycles. The third kappa shape index (κ3) is 3.98. The van der Waals surface area contributed by atoms with E-state index >= 15 is 0 Å². The van der Waals surface area contributed by atoms with Gasteiger partial charge in [-0.3, -0.25) is 4.40 Å². The van der Waals surface area contributed by atoms with Crippen LogP contribution in [0.25, 0.3) is 83.5 Å². The Morgan fingerprint density at radius 1 is 0.633 bits per heavy atom. The number of hydrogen-bond donors (Lipinski definition) is 0. The average molecular weight is 629 g/mol. The van der Waals surface area contributed by atoms with Gasteiger partial charge in [-0.05, 0) is 87.0 Å². The van der Waals surface area contributed by atoms with Crippen molar-refractivity contribution >= 4 is 38.9 Å². The molecule has 3 aromatic heterocycles. The highest BCUT2D eigenvalue weighted by Gasteiger charge is 2.35. The Balaban J connectivity index is 1.12. The van der Waals surface area contributed by atoms with Crippen LogP contribution in [0.2, 0.25) is 0 Å². The van der Waals surface area contributed by atoms with E-state index < -0.39 is 0 Å². The number of para-hydroxylation sites is 1. The molecule has 0 saturated carbocycles. The molecule has 0 N–H and O–H groups in total. The Morgan fingerprint density at radius 3 is 2.12 bits per heavy atom. The molecule has 3 heterocycles. The van der Waals surface area contributed by atoms with E-state index in [0.717, 1.165) is 61.0 Å². The molecule has 1 aliphatic rings. The summed E-state index contributed by atoms with van der Waals surface area (Å²) in [6.07, 6.45) is 0. The van der Waals surface area contributed by atoms with Gasteiger partial charge in [0.15, 0.2) is 5.58 Å². The number of hydrogen-bond acceptors (Lipinski definition) is 4. The number of oxazole rings is 1. The van der Waals surface area contributed by atoms with Gasteiger partial charge in [0.2, 0.25) is 0 Å². The zero-order valence-corrected chi connectivity index (χ0v) is 26.9. The Bertz CT molecular complexity index is 2870. The Morgan fingerprint density at radius 2 is 1.31 bits per heavy atom. The Kier molecular flexibility index (Phi) is 5.63. The summed E-state index contributed by atoms with van der Waals surface area (Å²) >= 11 is 0. The number of rotatable bonds is 3. The van der Waals surface area contributed by atoms with Crippen molar-refractivity contribution < 1.29 is 4.42 Å². The first-order valence-corrected chi connectivity index (χ1v) is 16.5. The summed E-state index contributed by atoms with van der Waals surface area (Å²) < 4.78 is 8.49. The van der Waals surface area contributed by atoms with E-state index in [9.17, 15) is 5.26 Å². The van der Waals surface area contributed by atoms with Crippen molar-refractivity contribution in [2.45, 2.75) is 19.3 Å². The van der Waals surface area contributed by atoms with Crippen LogP contribution >= 0.6 is 0 Å². The van der Waals surface area contributed by atoms with E-state index in [0.29, 0.717) is 11.4 Å². The molecule has 0 fully saturated rings. The molecule has 230 valence electrons. The van der Waals surface area contributed by atoms with Crippen LogP contribution in [0.3, 0.4) is 0 Å². The number of nitrogens with zero attached hydrogens (tertiary/aromatic N) is 4. The minimum absolute atomic E-state index is 0.199. The van der Waals surface area contributed by atoms with E-state index in [-0.39, 0.29) is 5.41 Å².